The molecule has 0 saturated carbocycles. The lowest BCUT2D eigenvalue weighted by Crippen LogP contribution is -2.19. The number of ether oxygens (including phenoxy) is 3. The third-order valence-electron chi connectivity index (χ3n) is 2.91. The molecule has 0 radical (unpaired) electrons. The summed E-state index contributed by atoms with van der Waals surface area (Å²) >= 11 is 0. The van der Waals surface area contributed by atoms with Crippen LogP contribution in [-0.4, -0.2) is 31.3 Å². The molecule has 0 saturated heterocycles. The fraction of sp³-hybridized carbons (Fsp3) is 0.231. The number of carbonyl (C=O) groups is 1. The molecule has 1 aliphatic rings. The second-order valence-electron chi connectivity index (χ2n) is 4.09. The number of hydrogen-bond acceptors (Lipinski definition) is 5. The molecule has 6 nitrogen and oxygen atoms in total. The van der Waals surface area contributed by atoms with Crippen molar-refractivity contribution in [1.82, 2.24) is 4.98 Å². The maximum absolute atomic E-state index is 11.8. The summed E-state index contributed by atoms with van der Waals surface area (Å²) in [6.07, 6.45) is 0. The summed E-state index contributed by atoms with van der Waals surface area (Å²) in [7, 11) is 1.23. The molecule has 0 spiro atoms. The third kappa shape index (κ3) is 1.91. The number of nitrogens with one attached hydrogen (secondary N) is 1. The molecule has 0 amide bonds. The van der Waals surface area contributed by atoms with E-state index in [1.54, 1.807) is 12.1 Å². The second-order valence-corrected chi connectivity index (χ2v) is 4.09. The highest BCUT2D eigenvalue weighted by Gasteiger charge is 2.16. The van der Waals surface area contributed by atoms with Gasteiger partial charge in [0, 0.05) is 11.5 Å². The maximum Gasteiger partial charge on any atom is 0.343 e. The van der Waals surface area contributed by atoms with Crippen LogP contribution >= 0.6 is 0 Å². The van der Waals surface area contributed by atoms with Gasteiger partial charge in [-0.15, -0.1) is 0 Å². The fourth-order valence-electron chi connectivity index (χ4n) is 2.00. The second kappa shape index (κ2) is 4.31. The van der Waals surface area contributed by atoms with Gasteiger partial charge in [0.25, 0.3) is 5.56 Å². The van der Waals surface area contributed by atoms with Gasteiger partial charge in [-0.3, -0.25) is 4.79 Å². The first-order valence-corrected chi connectivity index (χ1v) is 5.74. The minimum atomic E-state index is -0.668. The summed E-state index contributed by atoms with van der Waals surface area (Å²) in [4.78, 5) is 25.9. The summed E-state index contributed by atoms with van der Waals surface area (Å²) in [5, 5.41) is 0.684. The van der Waals surface area contributed by atoms with Gasteiger partial charge in [0.05, 0.1) is 12.6 Å². The lowest BCUT2D eigenvalue weighted by molar-refractivity contribution is 0.0599. The molecule has 1 aromatic carbocycles. The van der Waals surface area contributed by atoms with E-state index in [9.17, 15) is 9.59 Å². The molecule has 0 aliphatic carbocycles. The van der Waals surface area contributed by atoms with Crippen LogP contribution in [0.2, 0.25) is 0 Å². The number of aromatic nitrogens is 1. The van der Waals surface area contributed by atoms with Crippen molar-refractivity contribution in [2.75, 3.05) is 20.3 Å². The molecule has 2 heterocycles. The van der Waals surface area contributed by atoms with Gasteiger partial charge < -0.3 is 19.2 Å². The monoisotopic (exact) mass is 261 g/mol. The van der Waals surface area contributed by atoms with Crippen LogP contribution in [0.3, 0.4) is 0 Å². The van der Waals surface area contributed by atoms with E-state index in [0.29, 0.717) is 35.6 Å². The van der Waals surface area contributed by atoms with E-state index in [2.05, 4.69) is 9.72 Å². The van der Waals surface area contributed by atoms with Crippen molar-refractivity contribution < 1.29 is 19.0 Å². The number of rotatable bonds is 1. The van der Waals surface area contributed by atoms with Crippen LogP contribution < -0.4 is 15.0 Å². The van der Waals surface area contributed by atoms with Gasteiger partial charge in [0.2, 0.25) is 0 Å². The predicted molar refractivity (Wildman–Crippen MR) is 66.9 cm³/mol. The van der Waals surface area contributed by atoms with Crippen LogP contribution in [0.1, 0.15) is 10.4 Å². The van der Waals surface area contributed by atoms with Gasteiger partial charge in [0.1, 0.15) is 18.8 Å². The molecular formula is C13H11NO5. The first kappa shape index (κ1) is 11.6. The Hall–Kier alpha value is -2.50. The fourth-order valence-corrected chi connectivity index (χ4v) is 2.00. The van der Waals surface area contributed by atoms with Crippen LogP contribution in [-0.2, 0) is 4.74 Å². The Bertz CT molecular complexity index is 719. The Balaban J connectivity index is 2.22. The highest BCUT2D eigenvalue weighted by atomic mass is 16.6. The van der Waals surface area contributed by atoms with Crippen molar-refractivity contribution in [2.45, 2.75) is 0 Å². The average molecular weight is 261 g/mol. The largest absolute Gasteiger partial charge is 0.486 e. The van der Waals surface area contributed by atoms with Crippen LogP contribution in [0.4, 0.5) is 0 Å². The number of methoxy groups -OCH3 is 1. The molecule has 2 aromatic rings. The highest BCUT2D eigenvalue weighted by Crippen LogP contribution is 2.33. The summed E-state index contributed by atoms with van der Waals surface area (Å²) in [6.45, 7) is 0.953. The first-order chi connectivity index (χ1) is 9.19. The molecule has 0 atom stereocenters. The third-order valence-corrected chi connectivity index (χ3v) is 2.91. The Labute approximate surface area is 107 Å². The summed E-state index contributed by atoms with van der Waals surface area (Å²) in [6, 6.07) is 4.90. The number of pyridine rings is 1. The maximum atomic E-state index is 11.8. The number of H-pyrrole nitrogens is 1. The van der Waals surface area contributed by atoms with Crippen molar-refractivity contribution in [3.05, 3.63) is 34.1 Å². The molecule has 19 heavy (non-hydrogen) atoms. The molecule has 3 rings (SSSR count). The van der Waals surface area contributed by atoms with E-state index in [-0.39, 0.29) is 5.56 Å². The smallest absolute Gasteiger partial charge is 0.343 e. The van der Waals surface area contributed by atoms with E-state index in [4.69, 9.17) is 9.47 Å². The van der Waals surface area contributed by atoms with Gasteiger partial charge in [0.15, 0.2) is 11.5 Å². The van der Waals surface area contributed by atoms with Crippen LogP contribution in [0.5, 0.6) is 11.5 Å². The van der Waals surface area contributed by atoms with Gasteiger partial charge in [-0.25, -0.2) is 4.79 Å². The van der Waals surface area contributed by atoms with Crippen molar-refractivity contribution >= 4 is 16.9 Å². The van der Waals surface area contributed by atoms with E-state index in [1.165, 1.54) is 13.2 Å². The topological polar surface area (TPSA) is 77.6 Å². The van der Waals surface area contributed by atoms with Crippen molar-refractivity contribution in [2.24, 2.45) is 0 Å². The minimum Gasteiger partial charge on any atom is -0.486 e. The molecule has 0 unspecified atom stereocenters. The zero-order valence-corrected chi connectivity index (χ0v) is 10.2. The number of fused-ring (bicyclic) bond motifs is 2. The quantitative estimate of drug-likeness (QED) is 0.777. The SMILES string of the molecule is COC(=O)c1cc2cc3c(cc2[nH]c1=O)OCCO3. The lowest BCUT2D eigenvalue weighted by Gasteiger charge is -2.18. The Morgan fingerprint density at radius 1 is 1.21 bits per heavy atom. The molecule has 98 valence electrons. The van der Waals surface area contributed by atoms with Gasteiger partial charge in [-0.2, -0.15) is 0 Å². The van der Waals surface area contributed by atoms with Crippen LogP contribution in [0.25, 0.3) is 10.9 Å². The molecule has 1 N–H and O–H groups in total. The standard InChI is InChI=1S/C13H11NO5/c1-17-13(16)8-4-7-5-10-11(19-3-2-18-10)6-9(7)14-12(8)15/h4-6H,2-3H2,1H3,(H,14,15). The summed E-state index contributed by atoms with van der Waals surface area (Å²) < 4.78 is 15.5. The summed E-state index contributed by atoms with van der Waals surface area (Å²) in [5.41, 5.74) is 0.0598. The highest BCUT2D eigenvalue weighted by molar-refractivity contribution is 5.94. The molecule has 0 bridgehead atoms. The van der Waals surface area contributed by atoms with Gasteiger partial charge in [-0.05, 0) is 12.1 Å². The van der Waals surface area contributed by atoms with Crippen molar-refractivity contribution in [3.63, 3.8) is 0 Å². The Morgan fingerprint density at radius 3 is 2.58 bits per heavy atom. The molecule has 1 aliphatic heterocycles. The Morgan fingerprint density at radius 2 is 1.89 bits per heavy atom. The average Bonchev–Trinajstić information content (AvgIpc) is 2.43. The Kier molecular flexibility index (Phi) is 2.63. The van der Waals surface area contributed by atoms with E-state index in [1.807, 2.05) is 0 Å². The normalized spacial score (nSPS) is 13.3. The molecule has 1 aromatic heterocycles. The van der Waals surface area contributed by atoms with Crippen LogP contribution in [0.15, 0.2) is 23.0 Å². The summed E-state index contributed by atoms with van der Waals surface area (Å²) in [5.74, 6) is 0.514. The first-order valence-electron chi connectivity index (χ1n) is 5.74. The zero-order valence-electron chi connectivity index (χ0n) is 10.2. The number of hydrogen-bond donors (Lipinski definition) is 1. The molecule has 0 fully saturated rings. The number of carbonyl (C=O) groups excluding carboxylic acids is 1. The van der Waals surface area contributed by atoms with Crippen molar-refractivity contribution in [1.29, 1.82) is 0 Å². The van der Waals surface area contributed by atoms with Crippen LogP contribution in [0, 0.1) is 0 Å². The van der Waals surface area contributed by atoms with Gasteiger partial charge in [-0.1, -0.05) is 0 Å². The van der Waals surface area contributed by atoms with Gasteiger partial charge >= 0.3 is 5.97 Å². The minimum absolute atomic E-state index is 0.0355. The number of aromatic amines is 1. The number of benzene rings is 1. The molecular weight excluding hydrogens is 250 g/mol. The van der Waals surface area contributed by atoms with Crippen molar-refractivity contribution in [3.8, 4) is 11.5 Å². The zero-order chi connectivity index (χ0) is 13.4. The number of esters is 1. The molecule has 6 heteroatoms. The van der Waals surface area contributed by atoms with E-state index < -0.39 is 11.5 Å². The van der Waals surface area contributed by atoms with E-state index >= 15 is 0 Å². The lowest BCUT2D eigenvalue weighted by atomic mass is 10.1. The van der Waals surface area contributed by atoms with E-state index in [0.717, 1.165) is 0 Å². The predicted octanol–water partition coefficient (Wildman–Crippen LogP) is 1.09.